The van der Waals surface area contributed by atoms with Gasteiger partial charge in [0, 0.05) is 39.0 Å². The van der Waals surface area contributed by atoms with Gasteiger partial charge in [0.25, 0.3) is 0 Å². The third-order valence-electron chi connectivity index (χ3n) is 4.67. The van der Waals surface area contributed by atoms with Crippen molar-refractivity contribution in [2.45, 2.75) is 46.1 Å². The minimum Gasteiger partial charge on any atom is -0.344 e. The summed E-state index contributed by atoms with van der Waals surface area (Å²) in [5.41, 5.74) is 0. The number of nitrogens with zero attached hydrogens (tertiary/aromatic N) is 2. The molecule has 2 fully saturated rings. The van der Waals surface area contributed by atoms with Crippen LogP contribution in [-0.2, 0) is 14.4 Å². The second-order valence-corrected chi connectivity index (χ2v) is 6.49. The van der Waals surface area contributed by atoms with Gasteiger partial charge in [0.15, 0.2) is 0 Å². The molecule has 1 N–H and O–H groups in total. The monoisotopic (exact) mass is 309 g/mol. The second-order valence-electron chi connectivity index (χ2n) is 6.49. The molecule has 124 valence electrons. The number of amides is 3. The molecule has 6 heteroatoms. The van der Waals surface area contributed by atoms with Crippen LogP contribution in [0.5, 0.6) is 0 Å². The fourth-order valence-electron chi connectivity index (χ4n) is 2.83. The Bertz CT molecular complexity index is 440. The predicted octanol–water partition coefficient (Wildman–Crippen LogP) is 0.618. The molecule has 0 aromatic carbocycles. The molecular weight excluding hydrogens is 282 g/mol. The molecule has 2 aliphatic rings. The third-order valence-corrected chi connectivity index (χ3v) is 4.67. The highest BCUT2D eigenvalue weighted by Crippen LogP contribution is 2.31. The van der Waals surface area contributed by atoms with E-state index >= 15 is 0 Å². The zero-order chi connectivity index (χ0) is 16.3. The van der Waals surface area contributed by atoms with Crippen LogP contribution in [0.2, 0.25) is 0 Å². The van der Waals surface area contributed by atoms with Crippen molar-refractivity contribution in [2.24, 2.45) is 11.8 Å². The lowest BCUT2D eigenvalue weighted by atomic mass is 9.97. The minimum atomic E-state index is -0.465. The molecule has 3 amide bonds. The first kappa shape index (κ1) is 16.8. The highest BCUT2D eigenvalue weighted by molar-refractivity contribution is 5.87. The van der Waals surface area contributed by atoms with Gasteiger partial charge in [-0.05, 0) is 18.8 Å². The molecular formula is C16H27N3O3. The third kappa shape index (κ3) is 3.99. The molecule has 1 aliphatic carbocycles. The topological polar surface area (TPSA) is 69.7 Å². The normalized spacial score (nSPS) is 21.2. The quantitative estimate of drug-likeness (QED) is 0.809. The molecule has 2 atom stereocenters. The van der Waals surface area contributed by atoms with Crippen molar-refractivity contribution in [2.75, 3.05) is 26.2 Å². The van der Waals surface area contributed by atoms with Gasteiger partial charge < -0.3 is 15.1 Å². The highest BCUT2D eigenvalue weighted by Gasteiger charge is 2.36. The van der Waals surface area contributed by atoms with Gasteiger partial charge in [0.1, 0.15) is 6.04 Å². The van der Waals surface area contributed by atoms with Crippen LogP contribution < -0.4 is 5.32 Å². The van der Waals surface area contributed by atoms with Crippen molar-refractivity contribution < 1.29 is 14.4 Å². The van der Waals surface area contributed by atoms with E-state index in [-0.39, 0.29) is 29.6 Å². The van der Waals surface area contributed by atoms with Gasteiger partial charge >= 0.3 is 0 Å². The smallest absolute Gasteiger partial charge is 0.245 e. The Kier molecular flexibility index (Phi) is 5.42. The molecule has 0 aromatic heterocycles. The van der Waals surface area contributed by atoms with E-state index in [0.29, 0.717) is 26.2 Å². The summed E-state index contributed by atoms with van der Waals surface area (Å²) < 4.78 is 0. The van der Waals surface area contributed by atoms with E-state index in [1.54, 1.807) is 4.90 Å². The average Bonchev–Trinajstić information content (AvgIpc) is 3.35. The summed E-state index contributed by atoms with van der Waals surface area (Å²) in [6.45, 7) is 7.76. The number of carbonyl (C=O) groups is 3. The predicted molar refractivity (Wildman–Crippen MR) is 82.9 cm³/mol. The lowest BCUT2D eigenvalue weighted by Crippen LogP contribution is -2.57. The lowest BCUT2D eigenvalue weighted by molar-refractivity contribution is -0.143. The van der Waals surface area contributed by atoms with Crippen LogP contribution in [0.3, 0.4) is 0 Å². The van der Waals surface area contributed by atoms with E-state index in [1.807, 2.05) is 18.7 Å². The number of hydrogen-bond donors (Lipinski definition) is 1. The van der Waals surface area contributed by atoms with Crippen molar-refractivity contribution in [1.29, 1.82) is 0 Å². The van der Waals surface area contributed by atoms with Gasteiger partial charge in [-0.3, -0.25) is 14.4 Å². The van der Waals surface area contributed by atoms with Crippen molar-refractivity contribution >= 4 is 17.7 Å². The van der Waals surface area contributed by atoms with Gasteiger partial charge in [0.2, 0.25) is 17.7 Å². The summed E-state index contributed by atoms with van der Waals surface area (Å²) in [5.74, 6) is 0.369. The fourth-order valence-corrected chi connectivity index (χ4v) is 2.83. The molecule has 0 radical (unpaired) electrons. The summed E-state index contributed by atoms with van der Waals surface area (Å²) >= 11 is 0. The molecule has 0 spiro atoms. The zero-order valence-electron chi connectivity index (χ0n) is 13.8. The van der Waals surface area contributed by atoms with E-state index < -0.39 is 6.04 Å². The Morgan fingerprint density at radius 1 is 1.09 bits per heavy atom. The van der Waals surface area contributed by atoms with Crippen LogP contribution in [0.1, 0.15) is 40.0 Å². The number of nitrogens with one attached hydrogen (secondary N) is 1. The van der Waals surface area contributed by atoms with E-state index in [2.05, 4.69) is 5.32 Å². The van der Waals surface area contributed by atoms with E-state index in [1.165, 1.54) is 6.92 Å². The summed E-state index contributed by atoms with van der Waals surface area (Å²) in [6.07, 6.45) is 2.85. The standard InChI is InChI=1S/C16H27N3O3/c1-4-11(2)14(17-12(3)20)16(22)19-9-7-18(8-10-19)15(21)13-5-6-13/h11,13-14H,4-10H2,1-3H3,(H,17,20). The Hall–Kier alpha value is -1.59. The number of carbonyl (C=O) groups excluding carboxylic acids is 3. The molecule has 1 aliphatic heterocycles. The lowest BCUT2D eigenvalue weighted by Gasteiger charge is -2.37. The largest absolute Gasteiger partial charge is 0.344 e. The first-order valence-electron chi connectivity index (χ1n) is 8.28. The number of hydrogen-bond acceptors (Lipinski definition) is 3. The number of rotatable bonds is 5. The van der Waals surface area contributed by atoms with Gasteiger partial charge in [-0.15, -0.1) is 0 Å². The van der Waals surface area contributed by atoms with Gasteiger partial charge in [-0.25, -0.2) is 0 Å². The Morgan fingerprint density at radius 3 is 2.09 bits per heavy atom. The highest BCUT2D eigenvalue weighted by atomic mass is 16.2. The molecule has 2 rings (SSSR count). The van der Waals surface area contributed by atoms with E-state index in [9.17, 15) is 14.4 Å². The van der Waals surface area contributed by atoms with Crippen molar-refractivity contribution in [3.63, 3.8) is 0 Å². The van der Waals surface area contributed by atoms with E-state index in [4.69, 9.17) is 0 Å². The average molecular weight is 309 g/mol. The molecule has 1 heterocycles. The molecule has 0 aromatic rings. The maximum Gasteiger partial charge on any atom is 0.245 e. The van der Waals surface area contributed by atoms with Crippen LogP contribution in [-0.4, -0.2) is 59.7 Å². The van der Waals surface area contributed by atoms with Crippen LogP contribution in [0.25, 0.3) is 0 Å². The summed E-state index contributed by atoms with van der Waals surface area (Å²) in [7, 11) is 0. The van der Waals surface area contributed by atoms with Crippen LogP contribution in [0.4, 0.5) is 0 Å². The maximum atomic E-state index is 12.7. The first-order chi connectivity index (χ1) is 10.4. The summed E-state index contributed by atoms with van der Waals surface area (Å²) in [4.78, 5) is 39.7. The van der Waals surface area contributed by atoms with Crippen molar-refractivity contribution in [1.82, 2.24) is 15.1 Å². The maximum absolute atomic E-state index is 12.7. The fraction of sp³-hybridized carbons (Fsp3) is 0.812. The molecule has 1 saturated carbocycles. The second kappa shape index (κ2) is 7.11. The molecule has 2 unspecified atom stereocenters. The van der Waals surface area contributed by atoms with Gasteiger partial charge in [-0.2, -0.15) is 0 Å². The SMILES string of the molecule is CCC(C)C(NC(C)=O)C(=O)N1CCN(C(=O)C2CC2)CC1. The van der Waals surface area contributed by atoms with Gasteiger partial charge in [0.05, 0.1) is 0 Å². The van der Waals surface area contributed by atoms with Crippen molar-refractivity contribution in [3.8, 4) is 0 Å². The first-order valence-corrected chi connectivity index (χ1v) is 8.28. The number of piperazine rings is 1. The molecule has 22 heavy (non-hydrogen) atoms. The minimum absolute atomic E-state index is 0.0249. The summed E-state index contributed by atoms with van der Waals surface area (Å²) in [5, 5.41) is 2.78. The Morgan fingerprint density at radius 2 is 1.64 bits per heavy atom. The van der Waals surface area contributed by atoms with Crippen LogP contribution in [0.15, 0.2) is 0 Å². The Balaban J connectivity index is 1.91. The zero-order valence-corrected chi connectivity index (χ0v) is 13.8. The van der Waals surface area contributed by atoms with E-state index in [0.717, 1.165) is 19.3 Å². The van der Waals surface area contributed by atoms with Crippen LogP contribution >= 0.6 is 0 Å². The van der Waals surface area contributed by atoms with Gasteiger partial charge in [-0.1, -0.05) is 20.3 Å². The molecule has 0 bridgehead atoms. The van der Waals surface area contributed by atoms with Crippen molar-refractivity contribution in [3.05, 3.63) is 0 Å². The van der Waals surface area contributed by atoms with Crippen LogP contribution in [0, 0.1) is 11.8 Å². The summed E-state index contributed by atoms with van der Waals surface area (Å²) in [6, 6.07) is -0.465. The molecule has 1 saturated heterocycles. The molecule has 6 nitrogen and oxygen atoms in total. The Labute approximate surface area is 132 Å².